The number of rotatable bonds is 6. The largest absolute Gasteiger partial charge is 0.352 e. The Labute approximate surface area is 182 Å². The molecule has 5 aromatic rings. The van der Waals surface area contributed by atoms with Crippen LogP contribution in [-0.2, 0) is 6.42 Å². The van der Waals surface area contributed by atoms with Crippen molar-refractivity contribution in [1.82, 2.24) is 30.0 Å². The molecular weight excluding hydrogens is 408 g/mol. The van der Waals surface area contributed by atoms with Gasteiger partial charge in [0, 0.05) is 24.0 Å². The number of hydrogen-bond acceptors (Lipinski definition) is 5. The quantitative estimate of drug-likeness (QED) is 0.425. The summed E-state index contributed by atoms with van der Waals surface area (Å²) in [6, 6.07) is 15.9. The number of aromatic amines is 1. The number of nitrogens with one attached hydrogen (secondary N) is 2. The molecular formula is C23H20N6OS. The van der Waals surface area contributed by atoms with Gasteiger partial charge in [-0.15, -0.1) is 11.3 Å². The molecule has 4 aromatic heterocycles. The summed E-state index contributed by atoms with van der Waals surface area (Å²) < 4.78 is 1.70. The summed E-state index contributed by atoms with van der Waals surface area (Å²) in [5, 5.41) is 10.5. The monoisotopic (exact) mass is 428 g/mol. The number of nitrogens with zero attached hydrogens (tertiary/aromatic N) is 4. The topological polar surface area (TPSA) is 88.5 Å². The molecule has 0 saturated carbocycles. The molecule has 0 spiro atoms. The summed E-state index contributed by atoms with van der Waals surface area (Å²) in [6.07, 6.45) is 3.95. The zero-order valence-electron chi connectivity index (χ0n) is 16.9. The van der Waals surface area contributed by atoms with Crippen molar-refractivity contribution in [3.05, 3.63) is 83.4 Å². The van der Waals surface area contributed by atoms with E-state index in [0.29, 0.717) is 24.3 Å². The number of fused-ring (bicyclic) bond motifs is 1. The van der Waals surface area contributed by atoms with Crippen LogP contribution in [0.15, 0.2) is 66.4 Å². The van der Waals surface area contributed by atoms with Crippen LogP contribution in [0.5, 0.6) is 0 Å². The maximum Gasteiger partial charge on any atom is 0.254 e. The second-order valence-electron chi connectivity index (χ2n) is 7.13. The van der Waals surface area contributed by atoms with Gasteiger partial charge in [0.05, 0.1) is 34.2 Å². The first-order valence-electron chi connectivity index (χ1n) is 9.96. The summed E-state index contributed by atoms with van der Waals surface area (Å²) in [7, 11) is 0. The van der Waals surface area contributed by atoms with Gasteiger partial charge in [-0.05, 0) is 36.6 Å². The average molecular weight is 429 g/mol. The van der Waals surface area contributed by atoms with Crippen LogP contribution in [0.3, 0.4) is 0 Å². The first-order valence-corrected chi connectivity index (χ1v) is 10.8. The van der Waals surface area contributed by atoms with E-state index in [2.05, 4.69) is 25.4 Å². The molecule has 0 fully saturated rings. The third-order valence-corrected chi connectivity index (χ3v) is 6.07. The van der Waals surface area contributed by atoms with E-state index >= 15 is 0 Å². The number of amides is 1. The molecule has 0 aliphatic heterocycles. The minimum Gasteiger partial charge on any atom is -0.352 e. The van der Waals surface area contributed by atoms with Crippen LogP contribution >= 0.6 is 11.3 Å². The molecule has 31 heavy (non-hydrogen) atoms. The fraction of sp³-hybridized carbons (Fsp3) is 0.130. The first-order chi connectivity index (χ1) is 15.2. The van der Waals surface area contributed by atoms with Crippen LogP contribution in [0.25, 0.3) is 27.3 Å². The predicted octanol–water partition coefficient (Wildman–Crippen LogP) is 4.15. The number of aromatic nitrogens is 5. The van der Waals surface area contributed by atoms with Gasteiger partial charge in [0.25, 0.3) is 5.91 Å². The number of H-pyrrole nitrogens is 1. The highest BCUT2D eigenvalue weighted by atomic mass is 32.1. The molecule has 0 bridgehead atoms. The summed E-state index contributed by atoms with van der Waals surface area (Å²) in [6.45, 7) is 2.38. The van der Waals surface area contributed by atoms with E-state index in [9.17, 15) is 4.79 Å². The molecule has 0 atom stereocenters. The molecule has 0 aliphatic carbocycles. The van der Waals surface area contributed by atoms with Crippen LogP contribution < -0.4 is 5.32 Å². The molecule has 154 valence electrons. The second-order valence-corrected chi connectivity index (χ2v) is 8.08. The molecule has 0 radical (unpaired) electrons. The van der Waals surface area contributed by atoms with Crippen molar-refractivity contribution in [2.24, 2.45) is 0 Å². The lowest BCUT2D eigenvalue weighted by atomic mass is 10.2. The molecule has 7 nitrogen and oxygen atoms in total. The summed E-state index contributed by atoms with van der Waals surface area (Å²) >= 11 is 1.65. The fourth-order valence-electron chi connectivity index (χ4n) is 3.57. The summed E-state index contributed by atoms with van der Waals surface area (Å²) in [5.41, 5.74) is 4.13. The smallest absolute Gasteiger partial charge is 0.254 e. The van der Waals surface area contributed by atoms with Crippen molar-refractivity contribution in [3.63, 3.8) is 0 Å². The number of carbonyl (C=O) groups is 1. The maximum atomic E-state index is 12.8. The number of pyridine rings is 1. The minimum atomic E-state index is -0.151. The van der Waals surface area contributed by atoms with E-state index < -0.39 is 0 Å². The van der Waals surface area contributed by atoms with Gasteiger partial charge in [-0.2, -0.15) is 5.10 Å². The second kappa shape index (κ2) is 8.16. The Balaban J connectivity index is 1.29. The Morgan fingerprint density at radius 2 is 2.06 bits per heavy atom. The average Bonchev–Trinajstić information content (AvgIpc) is 3.54. The fourth-order valence-corrected chi connectivity index (χ4v) is 4.32. The van der Waals surface area contributed by atoms with Crippen molar-refractivity contribution in [2.75, 3.05) is 6.54 Å². The molecule has 0 saturated heterocycles. The van der Waals surface area contributed by atoms with Gasteiger partial charge in [0.2, 0.25) is 0 Å². The minimum absolute atomic E-state index is 0.151. The van der Waals surface area contributed by atoms with E-state index in [4.69, 9.17) is 0 Å². The Morgan fingerprint density at radius 1 is 1.16 bits per heavy atom. The van der Waals surface area contributed by atoms with Crippen LogP contribution in [0.4, 0.5) is 0 Å². The number of benzene rings is 1. The SMILES string of the molecule is Cc1c(C(=O)NCCc2[nH]cnc2-c2cccs2)cnn1-c1ccc2ccccc2n1. The van der Waals surface area contributed by atoms with Gasteiger partial charge in [-0.1, -0.05) is 24.3 Å². The van der Waals surface area contributed by atoms with Gasteiger partial charge < -0.3 is 10.3 Å². The van der Waals surface area contributed by atoms with Gasteiger partial charge in [0.15, 0.2) is 5.82 Å². The molecule has 4 heterocycles. The van der Waals surface area contributed by atoms with Crippen LogP contribution in [0.1, 0.15) is 21.7 Å². The van der Waals surface area contributed by atoms with Crippen LogP contribution in [0.2, 0.25) is 0 Å². The van der Waals surface area contributed by atoms with Crippen LogP contribution in [-0.4, -0.2) is 37.2 Å². The Hall–Kier alpha value is -3.78. The lowest BCUT2D eigenvalue weighted by molar-refractivity contribution is 0.0953. The van der Waals surface area contributed by atoms with Crippen molar-refractivity contribution < 1.29 is 4.79 Å². The number of para-hydroxylation sites is 1. The van der Waals surface area contributed by atoms with E-state index in [-0.39, 0.29) is 5.91 Å². The van der Waals surface area contributed by atoms with E-state index in [1.54, 1.807) is 28.5 Å². The Morgan fingerprint density at radius 3 is 2.94 bits per heavy atom. The first kappa shape index (κ1) is 19.2. The lowest BCUT2D eigenvalue weighted by Crippen LogP contribution is -2.26. The normalized spacial score (nSPS) is 11.1. The standard InChI is InChI=1S/C23H20N6OS/c1-15-17(13-27-29(15)21-9-8-16-5-2-3-6-18(16)28-21)23(30)24-11-10-19-22(26-14-25-19)20-7-4-12-31-20/h2-9,12-14H,10-11H2,1H3,(H,24,30)(H,25,26). The van der Waals surface area contributed by atoms with Crippen molar-refractivity contribution in [3.8, 4) is 16.4 Å². The Bertz CT molecular complexity index is 1350. The van der Waals surface area contributed by atoms with Gasteiger partial charge in [-0.25, -0.2) is 14.6 Å². The van der Waals surface area contributed by atoms with E-state index in [1.165, 1.54) is 0 Å². The van der Waals surface area contributed by atoms with Crippen molar-refractivity contribution in [2.45, 2.75) is 13.3 Å². The van der Waals surface area contributed by atoms with Crippen molar-refractivity contribution in [1.29, 1.82) is 0 Å². The van der Waals surface area contributed by atoms with Crippen LogP contribution in [0, 0.1) is 6.92 Å². The molecule has 8 heteroatoms. The highest BCUT2D eigenvalue weighted by Gasteiger charge is 2.16. The van der Waals surface area contributed by atoms with Crippen molar-refractivity contribution >= 4 is 28.1 Å². The molecule has 0 unspecified atom stereocenters. The van der Waals surface area contributed by atoms with Gasteiger partial charge in [-0.3, -0.25) is 4.79 Å². The van der Waals surface area contributed by atoms with Gasteiger partial charge in [0.1, 0.15) is 5.69 Å². The number of carbonyl (C=O) groups excluding carboxylic acids is 1. The highest BCUT2D eigenvalue weighted by molar-refractivity contribution is 7.13. The third kappa shape index (κ3) is 3.73. The summed E-state index contributed by atoms with van der Waals surface area (Å²) in [4.78, 5) is 26.1. The zero-order valence-corrected chi connectivity index (χ0v) is 17.7. The Kier molecular flexibility index (Phi) is 5.05. The zero-order chi connectivity index (χ0) is 21.2. The maximum absolute atomic E-state index is 12.8. The molecule has 5 rings (SSSR count). The number of imidazole rings is 1. The van der Waals surface area contributed by atoms with E-state index in [1.807, 2.05) is 60.8 Å². The number of thiophene rings is 1. The molecule has 1 amide bonds. The lowest BCUT2D eigenvalue weighted by Gasteiger charge is -2.07. The summed E-state index contributed by atoms with van der Waals surface area (Å²) in [5.74, 6) is 0.537. The van der Waals surface area contributed by atoms with Gasteiger partial charge >= 0.3 is 0 Å². The third-order valence-electron chi connectivity index (χ3n) is 5.19. The molecule has 0 aliphatic rings. The molecule has 2 N–H and O–H groups in total. The van der Waals surface area contributed by atoms with E-state index in [0.717, 1.165) is 32.9 Å². The number of hydrogen-bond donors (Lipinski definition) is 2. The molecule has 1 aromatic carbocycles. The predicted molar refractivity (Wildman–Crippen MR) is 122 cm³/mol. The highest BCUT2D eigenvalue weighted by Crippen LogP contribution is 2.25.